The molecule has 0 aromatic carbocycles. The average molecular weight is 732 g/mol. The molecule has 0 aliphatic carbocycles. The molecule has 0 aromatic heterocycles. The van der Waals surface area contributed by atoms with E-state index in [2.05, 4.69) is 111 Å². The monoisotopic (exact) mass is 731 g/mol. The van der Waals surface area contributed by atoms with E-state index in [9.17, 15) is 19.0 Å². The first kappa shape index (κ1) is 47.9. The number of ether oxygens (including phenoxy) is 2. The molecule has 0 fully saturated rings. The fourth-order valence-electron chi connectivity index (χ4n) is 4.26. The van der Waals surface area contributed by atoms with Crippen LogP contribution in [0, 0.1) is 0 Å². The van der Waals surface area contributed by atoms with Crippen molar-refractivity contribution >= 4 is 19.8 Å². The number of hydrogen-bond acceptors (Lipinski definition) is 8. The Kier molecular flexibility index (Phi) is 34.5. The number of hydrogen-bond donors (Lipinski definition) is 2. The van der Waals surface area contributed by atoms with Gasteiger partial charge in [-0.2, -0.15) is 0 Å². The predicted octanol–water partition coefficient (Wildman–Crippen LogP) is 10.3. The van der Waals surface area contributed by atoms with Crippen LogP contribution in [-0.4, -0.2) is 49.3 Å². The third-order valence-corrected chi connectivity index (χ3v) is 7.95. The second kappa shape index (κ2) is 36.7. The van der Waals surface area contributed by atoms with Crippen molar-refractivity contribution in [2.24, 2.45) is 5.73 Å². The molecule has 0 heterocycles. The van der Waals surface area contributed by atoms with E-state index >= 15 is 0 Å². The molecule has 10 heteroatoms. The summed E-state index contributed by atoms with van der Waals surface area (Å²) >= 11 is 0. The quantitative estimate of drug-likeness (QED) is 0.0293. The summed E-state index contributed by atoms with van der Waals surface area (Å²) in [4.78, 5) is 34.7. The van der Waals surface area contributed by atoms with Crippen LogP contribution in [0.3, 0.4) is 0 Å². The van der Waals surface area contributed by atoms with Gasteiger partial charge < -0.3 is 20.1 Å². The lowest BCUT2D eigenvalue weighted by Gasteiger charge is -2.19. The van der Waals surface area contributed by atoms with Gasteiger partial charge in [-0.3, -0.25) is 18.6 Å². The molecule has 0 aliphatic heterocycles. The van der Waals surface area contributed by atoms with Crippen LogP contribution in [0.1, 0.15) is 117 Å². The number of rotatable bonds is 33. The zero-order valence-electron chi connectivity index (χ0n) is 31.3. The van der Waals surface area contributed by atoms with Crippen molar-refractivity contribution in [2.75, 3.05) is 26.4 Å². The van der Waals surface area contributed by atoms with Crippen molar-refractivity contribution in [3.63, 3.8) is 0 Å². The maximum atomic E-state index is 12.5. The lowest BCUT2D eigenvalue weighted by molar-refractivity contribution is -0.161. The van der Waals surface area contributed by atoms with Gasteiger partial charge in [0.2, 0.25) is 0 Å². The van der Waals surface area contributed by atoms with E-state index in [-0.39, 0.29) is 32.6 Å². The van der Waals surface area contributed by atoms with Gasteiger partial charge in [-0.1, -0.05) is 111 Å². The Morgan fingerprint density at radius 2 is 1.00 bits per heavy atom. The number of carbonyl (C=O) groups excluding carboxylic acids is 2. The van der Waals surface area contributed by atoms with Crippen LogP contribution in [-0.2, 0) is 32.7 Å². The third-order valence-electron chi connectivity index (χ3n) is 6.97. The van der Waals surface area contributed by atoms with Crippen LogP contribution in [0.5, 0.6) is 0 Å². The van der Waals surface area contributed by atoms with Crippen molar-refractivity contribution in [1.29, 1.82) is 0 Å². The van der Waals surface area contributed by atoms with Crippen LogP contribution < -0.4 is 5.73 Å². The number of unbranched alkanes of at least 4 members (excludes halogenated alkanes) is 4. The number of phosphoric acid groups is 1. The molecule has 3 N–H and O–H groups in total. The fourth-order valence-corrected chi connectivity index (χ4v) is 5.03. The van der Waals surface area contributed by atoms with Crippen LogP contribution in [0.2, 0.25) is 0 Å². The average Bonchev–Trinajstić information content (AvgIpc) is 3.11. The number of carbonyl (C=O) groups is 2. The SMILES string of the molecule is CCC=CCC=CCC=CCC=CCCCCC(=O)OCC(COP(=O)(O)OCCN)OC(=O)CCCCC=CCC=CCC=CCC=CCC. The Balaban J connectivity index is 4.41. The molecule has 9 nitrogen and oxygen atoms in total. The molecule has 0 bridgehead atoms. The molecular formula is C41H66NO8P. The minimum absolute atomic E-state index is 0.0349. The van der Waals surface area contributed by atoms with Crippen molar-refractivity contribution in [3.05, 3.63) is 97.2 Å². The number of phosphoric ester groups is 1. The normalized spacial score (nSPS) is 14.5. The highest BCUT2D eigenvalue weighted by atomic mass is 31.2. The lowest BCUT2D eigenvalue weighted by atomic mass is 10.1. The molecule has 288 valence electrons. The molecule has 0 saturated carbocycles. The van der Waals surface area contributed by atoms with E-state index in [0.29, 0.717) is 12.8 Å². The van der Waals surface area contributed by atoms with Crippen LogP contribution in [0.4, 0.5) is 0 Å². The molecule has 0 spiro atoms. The van der Waals surface area contributed by atoms with Crippen LogP contribution >= 0.6 is 7.82 Å². The van der Waals surface area contributed by atoms with Gasteiger partial charge in [0.1, 0.15) is 6.61 Å². The minimum Gasteiger partial charge on any atom is -0.462 e. The number of esters is 2. The summed E-state index contributed by atoms with van der Waals surface area (Å²) in [6.07, 6.45) is 45.9. The molecule has 0 aliphatic rings. The van der Waals surface area contributed by atoms with E-state index in [0.717, 1.165) is 77.0 Å². The molecule has 0 aromatic rings. The first-order valence-corrected chi connectivity index (χ1v) is 20.2. The highest BCUT2D eigenvalue weighted by Crippen LogP contribution is 2.43. The second-order valence-electron chi connectivity index (χ2n) is 11.7. The van der Waals surface area contributed by atoms with Crippen molar-refractivity contribution in [3.8, 4) is 0 Å². The molecular weight excluding hydrogens is 665 g/mol. The summed E-state index contributed by atoms with van der Waals surface area (Å²) in [7, 11) is -4.40. The van der Waals surface area contributed by atoms with Gasteiger partial charge in [-0.15, -0.1) is 0 Å². The van der Waals surface area contributed by atoms with Gasteiger partial charge in [0.05, 0.1) is 13.2 Å². The Morgan fingerprint density at radius 1 is 0.588 bits per heavy atom. The molecule has 51 heavy (non-hydrogen) atoms. The van der Waals surface area contributed by atoms with Crippen molar-refractivity contribution in [1.82, 2.24) is 0 Å². The topological polar surface area (TPSA) is 134 Å². The first-order valence-electron chi connectivity index (χ1n) is 18.7. The van der Waals surface area contributed by atoms with E-state index in [1.807, 2.05) is 0 Å². The molecule has 2 atom stereocenters. The van der Waals surface area contributed by atoms with E-state index in [1.165, 1.54) is 0 Å². The van der Waals surface area contributed by atoms with Crippen LogP contribution in [0.25, 0.3) is 0 Å². The Bertz CT molecular complexity index is 1150. The smallest absolute Gasteiger partial charge is 0.462 e. The van der Waals surface area contributed by atoms with E-state index < -0.39 is 32.5 Å². The predicted molar refractivity (Wildman–Crippen MR) is 210 cm³/mol. The maximum absolute atomic E-state index is 12.5. The highest BCUT2D eigenvalue weighted by molar-refractivity contribution is 7.47. The fraction of sp³-hybridized carbons (Fsp3) is 0.561. The number of nitrogens with two attached hydrogens (primary N) is 1. The molecule has 0 rings (SSSR count). The molecule has 0 radical (unpaired) electrons. The summed E-state index contributed by atoms with van der Waals surface area (Å²) < 4.78 is 32.5. The highest BCUT2D eigenvalue weighted by Gasteiger charge is 2.25. The Morgan fingerprint density at radius 3 is 1.43 bits per heavy atom. The molecule has 0 amide bonds. The van der Waals surface area contributed by atoms with Crippen molar-refractivity contribution < 1.29 is 37.6 Å². The van der Waals surface area contributed by atoms with Gasteiger partial charge >= 0.3 is 19.8 Å². The van der Waals surface area contributed by atoms with Gasteiger partial charge in [-0.25, -0.2) is 4.57 Å². The minimum atomic E-state index is -4.40. The van der Waals surface area contributed by atoms with Gasteiger partial charge in [0.25, 0.3) is 0 Å². The van der Waals surface area contributed by atoms with Gasteiger partial charge in [-0.05, 0) is 89.9 Å². The summed E-state index contributed by atoms with van der Waals surface area (Å²) in [5, 5.41) is 0. The molecule has 0 saturated heterocycles. The summed E-state index contributed by atoms with van der Waals surface area (Å²) in [5.41, 5.74) is 5.32. The largest absolute Gasteiger partial charge is 0.472 e. The third kappa shape index (κ3) is 36.5. The lowest BCUT2D eigenvalue weighted by Crippen LogP contribution is -2.29. The van der Waals surface area contributed by atoms with E-state index in [1.54, 1.807) is 0 Å². The number of allylic oxidation sites excluding steroid dienone is 16. The summed E-state index contributed by atoms with van der Waals surface area (Å²) in [6, 6.07) is 0. The molecule has 2 unspecified atom stereocenters. The summed E-state index contributed by atoms with van der Waals surface area (Å²) in [5.74, 6) is -0.941. The van der Waals surface area contributed by atoms with Gasteiger partial charge in [0.15, 0.2) is 6.10 Å². The first-order chi connectivity index (χ1) is 24.8. The zero-order valence-corrected chi connectivity index (χ0v) is 32.2. The maximum Gasteiger partial charge on any atom is 0.472 e. The second-order valence-corrected chi connectivity index (χ2v) is 13.1. The van der Waals surface area contributed by atoms with Gasteiger partial charge in [0, 0.05) is 19.4 Å². The Hall–Kier alpha value is -3.07. The standard InChI is InChI=1S/C41H66NO8P/c1-3-5-7-9-11-13-15-17-19-21-23-25-27-29-31-33-40(43)47-37-39(38-49-51(45,46)48-36-35-42)50-41(44)34-32-30-28-26-24-22-20-18-16-14-12-10-8-6-4-2/h5-8,11-14,17-20,23-26,39H,3-4,9-10,15-16,21-22,27-38,42H2,1-2H3,(H,45,46). The summed E-state index contributed by atoms with van der Waals surface area (Å²) in [6.45, 7) is 3.36. The van der Waals surface area contributed by atoms with Crippen LogP contribution in [0.15, 0.2) is 97.2 Å². The Labute approximate surface area is 308 Å². The van der Waals surface area contributed by atoms with Crippen molar-refractivity contribution in [2.45, 2.75) is 123 Å². The van der Waals surface area contributed by atoms with E-state index in [4.69, 9.17) is 24.3 Å². The zero-order chi connectivity index (χ0) is 37.5.